The zero-order valence-electron chi connectivity index (χ0n) is 8.27. The minimum absolute atomic E-state index is 0.811. The lowest BCUT2D eigenvalue weighted by Crippen LogP contribution is -2.05. The van der Waals surface area contributed by atoms with E-state index in [0.717, 1.165) is 12.5 Å². The maximum Gasteiger partial charge on any atom is 0.0354 e. The largest absolute Gasteiger partial charge is 0.361 e. The first-order valence-electron chi connectivity index (χ1n) is 5.22. The van der Waals surface area contributed by atoms with E-state index in [4.69, 9.17) is 0 Å². The molecule has 1 aromatic heterocycles. The van der Waals surface area contributed by atoms with Gasteiger partial charge in [0.2, 0.25) is 0 Å². The lowest BCUT2D eigenvalue weighted by molar-refractivity contribution is 0.694. The molecule has 2 rings (SSSR count). The van der Waals surface area contributed by atoms with E-state index in [0.29, 0.717) is 0 Å². The molecule has 1 heterocycles. The average Bonchev–Trinajstić information content (AvgIpc) is 2.70. The molecule has 0 atom stereocenters. The van der Waals surface area contributed by atoms with Crippen molar-refractivity contribution in [3.63, 3.8) is 0 Å². The normalized spacial score (nSPS) is 18.2. The molecule has 72 valence electrons. The van der Waals surface area contributed by atoms with E-state index in [-0.39, 0.29) is 0 Å². The molecule has 1 aromatic rings. The summed E-state index contributed by atoms with van der Waals surface area (Å²) in [5.41, 5.74) is 2.76. The van der Waals surface area contributed by atoms with Crippen molar-refractivity contribution in [1.82, 2.24) is 10.3 Å². The van der Waals surface area contributed by atoms with Crippen LogP contribution in [-0.2, 0) is 6.54 Å². The van der Waals surface area contributed by atoms with Crippen molar-refractivity contribution in [2.75, 3.05) is 7.05 Å². The molecule has 0 saturated heterocycles. The molecule has 0 spiro atoms. The summed E-state index contributed by atoms with van der Waals surface area (Å²) in [6.07, 6.45) is 5.56. The van der Waals surface area contributed by atoms with Crippen molar-refractivity contribution < 1.29 is 0 Å². The van der Waals surface area contributed by atoms with Crippen LogP contribution in [0.2, 0.25) is 0 Å². The molecular formula is C11H18N2. The van der Waals surface area contributed by atoms with E-state index < -0.39 is 0 Å². The molecule has 2 N–H and O–H groups in total. The summed E-state index contributed by atoms with van der Waals surface area (Å²) < 4.78 is 0. The second-order valence-electron chi connectivity index (χ2n) is 3.95. The van der Waals surface area contributed by atoms with Crippen molar-refractivity contribution >= 4 is 0 Å². The lowest BCUT2D eigenvalue weighted by Gasteiger charge is -2.05. The highest BCUT2D eigenvalue weighted by Gasteiger charge is 2.17. The molecule has 1 aliphatic carbocycles. The van der Waals surface area contributed by atoms with Crippen molar-refractivity contribution in [2.24, 2.45) is 0 Å². The predicted octanol–water partition coefficient (Wildman–Crippen LogP) is 2.39. The molecule has 2 heteroatoms. The SMILES string of the molecule is CNCc1ccc(C2CCCC2)[nH]1. The summed E-state index contributed by atoms with van der Waals surface area (Å²) >= 11 is 0. The van der Waals surface area contributed by atoms with Gasteiger partial charge in [0.25, 0.3) is 0 Å². The third kappa shape index (κ3) is 1.94. The number of rotatable bonds is 3. The molecular weight excluding hydrogens is 160 g/mol. The fourth-order valence-corrected chi connectivity index (χ4v) is 2.23. The Hall–Kier alpha value is -0.760. The van der Waals surface area contributed by atoms with Crippen LogP contribution in [0.25, 0.3) is 0 Å². The lowest BCUT2D eigenvalue weighted by atomic mass is 10.1. The molecule has 1 aliphatic rings. The minimum Gasteiger partial charge on any atom is -0.361 e. The molecule has 0 aromatic carbocycles. The van der Waals surface area contributed by atoms with Crippen LogP contribution in [0.15, 0.2) is 12.1 Å². The summed E-state index contributed by atoms with van der Waals surface area (Å²) in [5, 5.41) is 3.16. The van der Waals surface area contributed by atoms with Gasteiger partial charge in [-0.05, 0) is 37.9 Å². The van der Waals surface area contributed by atoms with Gasteiger partial charge in [-0.2, -0.15) is 0 Å². The van der Waals surface area contributed by atoms with Crippen LogP contribution in [0.3, 0.4) is 0 Å². The predicted molar refractivity (Wildman–Crippen MR) is 54.8 cm³/mol. The van der Waals surface area contributed by atoms with Crippen LogP contribution in [-0.4, -0.2) is 12.0 Å². The van der Waals surface area contributed by atoms with Crippen LogP contribution in [0, 0.1) is 0 Å². The quantitative estimate of drug-likeness (QED) is 0.730. The van der Waals surface area contributed by atoms with Gasteiger partial charge in [0.15, 0.2) is 0 Å². The van der Waals surface area contributed by atoms with Gasteiger partial charge >= 0.3 is 0 Å². The number of H-pyrrole nitrogens is 1. The first-order chi connectivity index (χ1) is 6.40. The molecule has 1 saturated carbocycles. The summed E-state index contributed by atoms with van der Waals surface area (Å²) in [7, 11) is 1.98. The number of nitrogens with one attached hydrogen (secondary N) is 2. The van der Waals surface area contributed by atoms with E-state index in [1.54, 1.807) is 0 Å². The van der Waals surface area contributed by atoms with E-state index >= 15 is 0 Å². The van der Waals surface area contributed by atoms with Gasteiger partial charge in [-0.25, -0.2) is 0 Å². The number of aromatic amines is 1. The zero-order valence-corrected chi connectivity index (χ0v) is 8.27. The Kier molecular flexibility index (Phi) is 2.69. The first-order valence-corrected chi connectivity index (χ1v) is 5.22. The molecule has 0 unspecified atom stereocenters. The Balaban J connectivity index is 2.03. The third-order valence-corrected chi connectivity index (χ3v) is 2.93. The summed E-state index contributed by atoms with van der Waals surface area (Å²) in [4.78, 5) is 3.49. The van der Waals surface area contributed by atoms with Crippen molar-refractivity contribution in [3.8, 4) is 0 Å². The fraction of sp³-hybridized carbons (Fsp3) is 0.636. The molecule has 13 heavy (non-hydrogen) atoms. The van der Waals surface area contributed by atoms with Crippen LogP contribution in [0.4, 0.5) is 0 Å². The molecule has 0 bridgehead atoms. The van der Waals surface area contributed by atoms with Crippen LogP contribution >= 0.6 is 0 Å². The molecule has 2 nitrogen and oxygen atoms in total. The molecule has 0 aliphatic heterocycles. The summed E-state index contributed by atoms with van der Waals surface area (Å²) in [6, 6.07) is 4.45. The Morgan fingerprint density at radius 1 is 1.38 bits per heavy atom. The van der Waals surface area contributed by atoms with Crippen molar-refractivity contribution in [1.29, 1.82) is 0 Å². The highest BCUT2D eigenvalue weighted by atomic mass is 14.9. The van der Waals surface area contributed by atoms with Crippen LogP contribution < -0.4 is 5.32 Å². The number of aromatic nitrogens is 1. The van der Waals surface area contributed by atoms with E-state index in [1.165, 1.54) is 37.1 Å². The van der Waals surface area contributed by atoms with Gasteiger partial charge in [0, 0.05) is 17.9 Å². The maximum atomic E-state index is 3.49. The molecule has 0 amide bonds. The van der Waals surface area contributed by atoms with Gasteiger partial charge in [-0.1, -0.05) is 12.8 Å². The van der Waals surface area contributed by atoms with Gasteiger partial charge in [-0.3, -0.25) is 0 Å². The van der Waals surface area contributed by atoms with Crippen molar-refractivity contribution in [3.05, 3.63) is 23.5 Å². The summed E-state index contributed by atoms with van der Waals surface area (Å²) in [5.74, 6) is 0.811. The van der Waals surface area contributed by atoms with Crippen LogP contribution in [0.1, 0.15) is 43.0 Å². The number of hydrogen-bond acceptors (Lipinski definition) is 1. The minimum atomic E-state index is 0.811. The highest BCUT2D eigenvalue weighted by Crippen LogP contribution is 2.33. The van der Waals surface area contributed by atoms with E-state index in [1.807, 2.05) is 7.05 Å². The van der Waals surface area contributed by atoms with E-state index in [2.05, 4.69) is 22.4 Å². The van der Waals surface area contributed by atoms with Gasteiger partial charge < -0.3 is 10.3 Å². The fourth-order valence-electron chi connectivity index (χ4n) is 2.23. The monoisotopic (exact) mass is 178 g/mol. The van der Waals surface area contributed by atoms with Gasteiger partial charge in [0.05, 0.1) is 0 Å². The second kappa shape index (κ2) is 3.97. The topological polar surface area (TPSA) is 27.8 Å². The smallest absolute Gasteiger partial charge is 0.0354 e. The molecule has 0 radical (unpaired) electrons. The standard InChI is InChI=1S/C11H18N2/c1-12-8-10-6-7-11(13-10)9-4-2-3-5-9/h6-7,9,12-13H,2-5,8H2,1H3. The second-order valence-corrected chi connectivity index (χ2v) is 3.95. The number of hydrogen-bond donors (Lipinski definition) is 2. The first kappa shape index (κ1) is 8.82. The maximum absolute atomic E-state index is 3.49. The Labute approximate surface area is 79.7 Å². The highest BCUT2D eigenvalue weighted by molar-refractivity contribution is 5.17. The third-order valence-electron chi connectivity index (χ3n) is 2.93. The van der Waals surface area contributed by atoms with Crippen LogP contribution in [0.5, 0.6) is 0 Å². The zero-order chi connectivity index (χ0) is 9.10. The summed E-state index contributed by atoms with van der Waals surface area (Å²) in [6.45, 7) is 0.951. The van der Waals surface area contributed by atoms with Crippen molar-refractivity contribution in [2.45, 2.75) is 38.1 Å². The average molecular weight is 178 g/mol. The Morgan fingerprint density at radius 2 is 2.15 bits per heavy atom. The molecule has 1 fully saturated rings. The van der Waals surface area contributed by atoms with Gasteiger partial charge in [0.1, 0.15) is 0 Å². The van der Waals surface area contributed by atoms with E-state index in [9.17, 15) is 0 Å². The van der Waals surface area contributed by atoms with Gasteiger partial charge in [-0.15, -0.1) is 0 Å². The Morgan fingerprint density at radius 3 is 2.85 bits per heavy atom. The Bertz CT molecular complexity index is 259.